The topological polar surface area (TPSA) is 29.3 Å². The summed E-state index contributed by atoms with van der Waals surface area (Å²) < 4.78 is 14.2. The molecule has 4 heteroatoms. The number of likely N-dealkylation sites (tertiary alicyclic amines) is 1. The second-order valence-corrected chi connectivity index (χ2v) is 6.49. The molecule has 2 N–H and O–H groups in total. The molecule has 0 aromatic heterocycles. The van der Waals surface area contributed by atoms with Crippen LogP contribution in [0, 0.1) is 11.7 Å². The maximum absolute atomic E-state index is 14.2. The molecule has 0 amide bonds. The Morgan fingerprint density at radius 2 is 2.10 bits per heavy atom. The molecular weight excluding hydrogens is 275 g/mol. The van der Waals surface area contributed by atoms with E-state index >= 15 is 0 Å². The molecule has 1 aromatic carbocycles. The summed E-state index contributed by atoms with van der Waals surface area (Å²) in [5, 5.41) is 0.444. The van der Waals surface area contributed by atoms with Gasteiger partial charge in [-0.1, -0.05) is 30.5 Å². The third-order valence-electron chi connectivity index (χ3n) is 5.00. The zero-order valence-electron chi connectivity index (χ0n) is 11.7. The Morgan fingerprint density at radius 1 is 1.30 bits per heavy atom. The molecular formula is C16H22ClFN2. The maximum atomic E-state index is 14.2. The molecule has 0 spiro atoms. The molecule has 1 aromatic rings. The van der Waals surface area contributed by atoms with E-state index < -0.39 is 0 Å². The van der Waals surface area contributed by atoms with Gasteiger partial charge in [0.15, 0.2) is 0 Å². The van der Waals surface area contributed by atoms with Crippen LogP contribution in [0.25, 0.3) is 0 Å². The van der Waals surface area contributed by atoms with Crippen molar-refractivity contribution in [2.75, 3.05) is 13.1 Å². The van der Waals surface area contributed by atoms with Crippen LogP contribution in [0.3, 0.4) is 0 Å². The first-order valence-electron chi connectivity index (χ1n) is 7.61. The van der Waals surface area contributed by atoms with E-state index in [4.69, 9.17) is 17.3 Å². The van der Waals surface area contributed by atoms with E-state index in [1.165, 1.54) is 38.2 Å². The van der Waals surface area contributed by atoms with Gasteiger partial charge in [0.2, 0.25) is 0 Å². The van der Waals surface area contributed by atoms with Crippen molar-refractivity contribution in [3.8, 4) is 0 Å². The SMILES string of the molecule is NCC(c1ccc(Cl)cc1F)N1CCC2CCCCC21. The van der Waals surface area contributed by atoms with Crippen molar-refractivity contribution in [2.24, 2.45) is 11.7 Å². The molecule has 0 bridgehead atoms. The van der Waals surface area contributed by atoms with Crippen molar-refractivity contribution in [3.05, 3.63) is 34.6 Å². The summed E-state index contributed by atoms with van der Waals surface area (Å²) in [6.45, 7) is 1.50. The van der Waals surface area contributed by atoms with Crippen molar-refractivity contribution in [2.45, 2.75) is 44.2 Å². The molecule has 3 atom stereocenters. The molecule has 2 fully saturated rings. The Labute approximate surface area is 125 Å². The monoisotopic (exact) mass is 296 g/mol. The smallest absolute Gasteiger partial charge is 0.129 e. The fourth-order valence-electron chi connectivity index (χ4n) is 4.04. The Hall–Kier alpha value is -0.640. The van der Waals surface area contributed by atoms with Gasteiger partial charge in [-0.2, -0.15) is 0 Å². The molecule has 1 saturated heterocycles. The highest BCUT2D eigenvalue weighted by Gasteiger charge is 2.39. The van der Waals surface area contributed by atoms with Crippen molar-refractivity contribution in [3.63, 3.8) is 0 Å². The highest BCUT2D eigenvalue weighted by molar-refractivity contribution is 6.30. The molecule has 1 heterocycles. The Morgan fingerprint density at radius 3 is 2.85 bits per heavy atom. The second kappa shape index (κ2) is 6.00. The largest absolute Gasteiger partial charge is 0.329 e. The number of nitrogens with zero attached hydrogens (tertiary/aromatic N) is 1. The van der Waals surface area contributed by atoms with Crippen molar-refractivity contribution in [1.82, 2.24) is 4.90 Å². The minimum Gasteiger partial charge on any atom is -0.329 e. The van der Waals surface area contributed by atoms with E-state index in [0.29, 0.717) is 23.2 Å². The average molecular weight is 297 g/mol. The second-order valence-electron chi connectivity index (χ2n) is 6.06. The van der Waals surface area contributed by atoms with Crippen LogP contribution in [0.15, 0.2) is 18.2 Å². The molecule has 0 radical (unpaired) electrons. The number of halogens is 2. The number of rotatable bonds is 3. The Bertz CT molecular complexity index is 480. The molecule has 2 nitrogen and oxygen atoms in total. The summed E-state index contributed by atoms with van der Waals surface area (Å²) in [6.07, 6.45) is 6.42. The van der Waals surface area contributed by atoms with Crippen LogP contribution in [0.5, 0.6) is 0 Å². The quantitative estimate of drug-likeness (QED) is 0.920. The highest BCUT2D eigenvalue weighted by atomic mass is 35.5. The van der Waals surface area contributed by atoms with E-state index in [0.717, 1.165) is 12.5 Å². The molecule has 2 aliphatic rings. The van der Waals surface area contributed by atoms with Gasteiger partial charge in [0.25, 0.3) is 0 Å². The van der Waals surface area contributed by atoms with E-state index in [-0.39, 0.29) is 11.9 Å². The van der Waals surface area contributed by atoms with E-state index in [9.17, 15) is 4.39 Å². The van der Waals surface area contributed by atoms with Crippen molar-refractivity contribution < 1.29 is 4.39 Å². The number of benzene rings is 1. The van der Waals surface area contributed by atoms with Crippen LogP contribution in [0.1, 0.15) is 43.7 Å². The van der Waals surface area contributed by atoms with E-state index in [2.05, 4.69) is 4.90 Å². The van der Waals surface area contributed by atoms with E-state index in [1.807, 2.05) is 0 Å². The van der Waals surface area contributed by atoms with Gasteiger partial charge in [-0.3, -0.25) is 4.90 Å². The fraction of sp³-hybridized carbons (Fsp3) is 0.625. The lowest BCUT2D eigenvalue weighted by atomic mass is 9.84. The summed E-state index contributed by atoms with van der Waals surface area (Å²) in [7, 11) is 0. The first-order valence-corrected chi connectivity index (χ1v) is 7.99. The summed E-state index contributed by atoms with van der Waals surface area (Å²) in [4.78, 5) is 2.44. The summed E-state index contributed by atoms with van der Waals surface area (Å²) >= 11 is 5.85. The summed E-state index contributed by atoms with van der Waals surface area (Å²) in [5.74, 6) is 0.556. The molecule has 20 heavy (non-hydrogen) atoms. The van der Waals surface area contributed by atoms with Gasteiger partial charge in [-0.05, 0) is 43.9 Å². The van der Waals surface area contributed by atoms with Gasteiger partial charge < -0.3 is 5.73 Å². The maximum Gasteiger partial charge on any atom is 0.129 e. The van der Waals surface area contributed by atoms with Crippen LogP contribution >= 0.6 is 11.6 Å². The number of hydrogen-bond donors (Lipinski definition) is 1. The summed E-state index contributed by atoms with van der Waals surface area (Å²) in [5.41, 5.74) is 6.67. The molecule has 1 aliphatic carbocycles. The first kappa shape index (κ1) is 14.3. The zero-order valence-corrected chi connectivity index (χ0v) is 12.5. The molecule has 1 aliphatic heterocycles. The fourth-order valence-corrected chi connectivity index (χ4v) is 4.20. The molecule has 3 unspecified atom stereocenters. The van der Waals surface area contributed by atoms with E-state index in [1.54, 1.807) is 12.1 Å². The van der Waals surface area contributed by atoms with Crippen LogP contribution in [-0.4, -0.2) is 24.0 Å². The van der Waals surface area contributed by atoms with Crippen LogP contribution < -0.4 is 5.73 Å². The predicted octanol–water partition coefficient (Wildman–Crippen LogP) is 3.74. The Kier molecular flexibility index (Phi) is 4.29. The lowest BCUT2D eigenvalue weighted by Gasteiger charge is -2.37. The van der Waals surface area contributed by atoms with Gasteiger partial charge in [0.1, 0.15) is 5.82 Å². The van der Waals surface area contributed by atoms with Crippen LogP contribution in [0.2, 0.25) is 5.02 Å². The molecule has 3 rings (SSSR count). The third kappa shape index (κ3) is 2.59. The van der Waals surface area contributed by atoms with Crippen molar-refractivity contribution >= 4 is 11.6 Å². The van der Waals surface area contributed by atoms with Crippen molar-refractivity contribution in [1.29, 1.82) is 0 Å². The third-order valence-corrected chi connectivity index (χ3v) is 5.23. The van der Waals surface area contributed by atoms with Gasteiger partial charge in [0, 0.05) is 23.2 Å². The highest BCUT2D eigenvalue weighted by Crippen LogP contribution is 2.40. The van der Waals surface area contributed by atoms with Gasteiger partial charge in [-0.25, -0.2) is 4.39 Å². The van der Waals surface area contributed by atoms with Gasteiger partial charge in [-0.15, -0.1) is 0 Å². The Balaban J connectivity index is 1.86. The molecule has 110 valence electrons. The average Bonchev–Trinajstić information content (AvgIpc) is 2.86. The number of nitrogens with two attached hydrogens (primary N) is 1. The normalized spacial score (nSPS) is 28.4. The lowest BCUT2D eigenvalue weighted by Crippen LogP contribution is -2.40. The standard InChI is InChI=1S/C16H22ClFN2/c17-12-5-6-13(14(18)9-12)16(10-19)20-8-7-11-3-1-2-4-15(11)20/h5-6,9,11,15-16H,1-4,7-8,10,19H2. The summed E-state index contributed by atoms with van der Waals surface area (Å²) in [6, 6.07) is 5.53. The predicted molar refractivity (Wildman–Crippen MR) is 80.3 cm³/mol. The van der Waals surface area contributed by atoms with Crippen LogP contribution in [-0.2, 0) is 0 Å². The minimum absolute atomic E-state index is 0.0135. The first-order chi connectivity index (χ1) is 9.70. The van der Waals surface area contributed by atoms with Crippen LogP contribution in [0.4, 0.5) is 4.39 Å². The minimum atomic E-state index is -0.229. The number of fused-ring (bicyclic) bond motifs is 1. The lowest BCUT2D eigenvalue weighted by molar-refractivity contribution is 0.133. The van der Waals surface area contributed by atoms with Gasteiger partial charge in [0.05, 0.1) is 6.04 Å². The number of hydrogen-bond acceptors (Lipinski definition) is 2. The zero-order chi connectivity index (χ0) is 14.1. The molecule has 1 saturated carbocycles. The van der Waals surface area contributed by atoms with Gasteiger partial charge >= 0.3 is 0 Å².